The summed E-state index contributed by atoms with van der Waals surface area (Å²) in [5.74, 6) is 1.68. The van der Waals surface area contributed by atoms with Crippen molar-refractivity contribution in [3.63, 3.8) is 0 Å². The summed E-state index contributed by atoms with van der Waals surface area (Å²) in [6, 6.07) is 12.0. The highest BCUT2D eigenvalue weighted by atomic mass is 32.1. The summed E-state index contributed by atoms with van der Waals surface area (Å²) >= 11 is 1.51. The number of hydrogen-bond donors (Lipinski definition) is 0. The second-order valence-electron chi connectivity index (χ2n) is 8.10. The molecule has 2 aromatic carbocycles. The van der Waals surface area contributed by atoms with Gasteiger partial charge in [0.2, 0.25) is 10.6 Å². The van der Waals surface area contributed by atoms with Crippen LogP contribution in [0.1, 0.15) is 19.4 Å². The van der Waals surface area contributed by atoms with Crippen LogP contribution in [0.5, 0.6) is 17.2 Å². The van der Waals surface area contributed by atoms with Crippen molar-refractivity contribution in [2.45, 2.75) is 13.8 Å². The number of methoxy groups -OCH3 is 3. The molecule has 0 aliphatic rings. The van der Waals surface area contributed by atoms with E-state index in [-0.39, 0.29) is 0 Å². The van der Waals surface area contributed by atoms with Crippen molar-refractivity contribution in [1.29, 1.82) is 0 Å². The van der Waals surface area contributed by atoms with Gasteiger partial charge in [0, 0.05) is 29.0 Å². The minimum absolute atomic E-state index is 0.517. The van der Waals surface area contributed by atoms with E-state index < -0.39 is 0 Å². The van der Waals surface area contributed by atoms with Gasteiger partial charge in [0.15, 0.2) is 11.5 Å². The van der Waals surface area contributed by atoms with Crippen molar-refractivity contribution in [2.24, 2.45) is 10.1 Å². The van der Waals surface area contributed by atoms with E-state index in [0.29, 0.717) is 23.8 Å². The molecular formula is C27H29N5O3S. The minimum Gasteiger partial charge on any atom is -0.493 e. The lowest BCUT2D eigenvalue weighted by atomic mass is 10.1. The molecule has 2 heterocycles. The van der Waals surface area contributed by atoms with E-state index >= 15 is 0 Å². The molecule has 36 heavy (non-hydrogen) atoms. The number of hydrogen-bond acceptors (Lipinski definition) is 7. The van der Waals surface area contributed by atoms with E-state index in [1.54, 1.807) is 33.9 Å². The lowest BCUT2D eigenvalue weighted by Crippen LogP contribution is -2.15. The smallest absolute Gasteiger partial charge is 0.206 e. The van der Waals surface area contributed by atoms with Crippen LogP contribution in [0.25, 0.3) is 16.9 Å². The quantitative estimate of drug-likeness (QED) is 0.233. The van der Waals surface area contributed by atoms with Crippen LogP contribution in [0.2, 0.25) is 0 Å². The maximum absolute atomic E-state index is 5.57. The summed E-state index contributed by atoms with van der Waals surface area (Å²) in [5.41, 5.74) is 5.57. The van der Waals surface area contributed by atoms with Crippen LogP contribution in [0.4, 0.5) is 0 Å². The number of rotatable bonds is 9. The Kier molecular flexibility index (Phi) is 7.70. The van der Waals surface area contributed by atoms with Gasteiger partial charge >= 0.3 is 0 Å². The standard InChI is InChI=1S/C27H29N5O3S/c1-18(2)15-29-27-32(30-19(3)20-7-9-22(10-8-20)31-12-11-28-17-31)23(16-36-27)21-13-24(33-4)26(35-6)25(14-21)34-5/h7-14,16-17H,1,15H2,2-6H3. The van der Waals surface area contributed by atoms with E-state index in [9.17, 15) is 0 Å². The summed E-state index contributed by atoms with van der Waals surface area (Å²) in [5, 5.41) is 7.00. The van der Waals surface area contributed by atoms with Gasteiger partial charge in [-0.15, -0.1) is 11.3 Å². The first-order chi connectivity index (χ1) is 17.4. The molecule has 4 rings (SSSR count). The van der Waals surface area contributed by atoms with Crippen molar-refractivity contribution in [3.8, 4) is 34.2 Å². The first-order valence-corrected chi connectivity index (χ1v) is 12.1. The van der Waals surface area contributed by atoms with Crippen molar-refractivity contribution in [3.05, 3.63) is 83.0 Å². The fourth-order valence-corrected chi connectivity index (χ4v) is 4.46. The molecular weight excluding hydrogens is 474 g/mol. The van der Waals surface area contributed by atoms with Crippen LogP contribution in [0, 0.1) is 0 Å². The normalized spacial score (nSPS) is 12.0. The van der Waals surface area contributed by atoms with Gasteiger partial charge in [0.05, 0.1) is 45.6 Å². The van der Waals surface area contributed by atoms with Gasteiger partial charge in [-0.3, -0.25) is 4.99 Å². The predicted molar refractivity (Wildman–Crippen MR) is 144 cm³/mol. The zero-order valence-corrected chi connectivity index (χ0v) is 21.9. The molecule has 0 saturated heterocycles. The third kappa shape index (κ3) is 5.26. The number of aromatic nitrogens is 3. The fraction of sp³-hybridized carbons (Fsp3) is 0.222. The minimum atomic E-state index is 0.517. The Bertz CT molecular complexity index is 1420. The van der Waals surface area contributed by atoms with E-state index in [4.69, 9.17) is 24.3 Å². The number of nitrogens with zero attached hydrogens (tertiary/aromatic N) is 5. The summed E-state index contributed by atoms with van der Waals surface area (Å²) in [4.78, 5) is 9.62. The largest absolute Gasteiger partial charge is 0.493 e. The Morgan fingerprint density at radius 1 is 1.03 bits per heavy atom. The maximum atomic E-state index is 5.57. The van der Waals surface area contributed by atoms with E-state index in [1.165, 1.54) is 11.3 Å². The Hall–Kier alpha value is -4.11. The zero-order valence-electron chi connectivity index (χ0n) is 21.1. The van der Waals surface area contributed by atoms with Gasteiger partial charge in [-0.1, -0.05) is 24.3 Å². The first-order valence-electron chi connectivity index (χ1n) is 11.2. The van der Waals surface area contributed by atoms with Crippen LogP contribution in [0.15, 0.2) is 82.7 Å². The lowest BCUT2D eigenvalue weighted by molar-refractivity contribution is 0.324. The number of thiazole rings is 1. The maximum Gasteiger partial charge on any atom is 0.206 e. The molecule has 9 heteroatoms. The third-order valence-corrected chi connectivity index (χ3v) is 6.32. The van der Waals surface area contributed by atoms with Gasteiger partial charge in [0.1, 0.15) is 0 Å². The van der Waals surface area contributed by atoms with Gasteiger partial charge in [0.25, 0.3) is 0 Å². The average molecular weight is 504 g/mol. The molecule has 0 aliphatic heterocycles. The molecule has 0 radical (unpaired) electrons. The molecule has 0 fully saturated rings. The molecule has 0 unspecified atom stereocenters. The Morgan fingerprint density at radius 2 is 1.72 bits per heavy atom. The first kappa shape index (κ1) is 25.0. The molecule has 0 amide bonds. The van der Waals surface area contributed by atoms with Crippen LogP contribution in [-0.2, 0) is 0 Å². The SMILES string of the molecule is C=C(C)CN=c1scc(-c2cc(OC)c(OC)c(OC)c2)n1N=C(C)c1ccc(-n2ccnc2)cc1. The van der Waals surface area contributed by atoms with E-state index in [1.807, 2.05) is 71.1 Å². The lowest BCUT2D eigenvalue weighted by Gasteiger charge is -2.14. The molecule has 8 nitrogen and oxygen atoms in total. The van der Waals surface area contributed by atoms with Crippen LogP contribution in [-0.4, -0.2) is 47.8 Å². The zero-order chi connectivity index (χ0) is 25.7. The van der Waals surface area contributed by atoms with Crippen LogP contribution < -0.4 is 19.0 Å². The predicted octanol–water partition coefficient (Wildman–Crippen LogP) is 5.18. The second-order valence-corrected chi connectivity index (χ2v) is 8.94. The van der Waals surface area contributed by atoms with E-state index in [2.05, 4.69) is 11.6 Å². The topological polar surface area (TPSA) is 75.2 Å². The van der Waals surface area contributed by atoms with Gasteiger partial charge in [-0.05, 0) is 43.7 Å². The van der Waals surface area contributed by atoms with Crippen molar-refractivity contribution >= 4 is 17.0 Å². The highest BCUT2D eigenvalue weighted by Crippen LogP contribution is 2.41. The summed E-state index contributed by atoms with van der Waals surface area (Å²) in [7, 11) is 4.80. The number of imidazole rings is 1. The molecule has 0 aliphatic carbocycles. The second kappa shape index (κ2) is 11.1. The Balaban J connectivity index is 1.82. The van der Waals surface area contributed by atoms with Gasteiger partial charge in [-0.2, -0.15) is 5.10 Å². The van der Waals surface area contributed by atoms with Crippen LogP contribution in [0.3, 0.4) is 0 Å². The molecule has 186 valence electrons. The third-order valence-electron chi connectivity index (χ3n) is 5.47. The summed E-state index contributed by atoms with van der Waals surface area (Å²) in [6.07, 6.45) is 5.45. The molecule has 4 aromatic rings. The highest BCUT2D eigenvalue weighted by molar-refractivity contribution is 7.07. The molecule has 0 atom stereocenters. The van der Waals surface area contributed by atoms with Gasteiger partial charge in [-0.25, -0.2) is 9.66 Å². The van der Waals surface area contributed by atoms with Crippen LogP contribution >= 0.6 is 11.3 Å². The molecule has 2 aromatic heterocycles. The van der Waals surface area contributed by atoms with Crippen molar-refractivity contribution < 1.29 is 14.2 Å². The number of ether oxygens (including phenoxy) is 3. The average Bonchev–Trinajstić information content (AvgIpc) is 3.57. The molecule has 0 N–H and O–H groups in total. The van der Waals surface area contributed by atoms with E-state index in [0.717, 1.165) is 38.6 Å². The van der Waals surface area contributed by atoms with Crippen molar-refractivity contribution in [1.82, 2.24) is 14.2 Å². The molecule has 0 spiro atoms. The Morgan fingerprint density at radius 3 is 2.28 bits per heavy atom. The summed E-state index contributed by atoms with van der Waals surface area (Å²) in [6.45, 7) is 8.44. The molecule has 0 bridgehead atoms. The van der Waals surface area contributed by atoms with Crippen molar-refractivity contribution in [2.75, 3.05) is 27.9 Å². The van der Waals surface area contributed by atoms with Gasteiger partial charge < -0.3 is 18.8 Å². The summed E-state index contributed by atoms with van der Waals surface area (Å²) < 4.78 is 20.4. The fourth-order valence-electron chi connectivity index (χ4n) is 3.63. The molecule has 0 saturated carbocycles. The Labute approximate surface area is 214 Å². The number of benzene rings is 2. The highest BCUT2D eigenvalue weighted by Gasteiger charge is 2.17. The monoisotopic (exact) mass is 503 g/mol.